The smallest absolute Gasteiger partial charge is 0.457 e. The van der Waals surface area contributed by atoms with Gasteiger partial charge >= 0.3 is 19.8 Å². The van der Waals surface area contributed by atoms with Crippen molar-refractivity contribution < 1.29 is 47.8 Å². The summed E-state index contributed by atoms with van der Waals surface area (Å²) >= 11 is 0. The van der Waals surface area contributed by atoms with Crippen LogP contribution in [0, 0.1) is 0 Å². The minimum absolute atomic E-state index is 0.136. The van der Waals surface area contributed by atoms with E-state index < -0.39 is 58.4 Å². The first-order valence-electron chi connectivity index (χ1n) is 21.4. The summed E-state index contributed by atoms with van der Waals surface area (Å²) in [6, 6.07) is 0. The van der Waals surface area contributed by atoms with Gasteiger partial charge in [0.2, 0.25) is 0 Å². The lowest BCUT2D eigenvalue weighted by Gasteiger charge is -2.20. The Morgan fingerprint density at radius 1 is 0.500 bits per heavy atom. The number of allylic oxidation sites excluding steroid dienone is 12. The number of esters is 2. The average Bonchev–Trinajstić information content (AvgIpc) is 3.19. The van der Waals surface area contributed by atoms with Gasteiger partial charge in [-0.1, -0.05) is 138 Å². The maximum Gasteiger partial charge on any atom is 0.472 e. The summed E-state index contributed by atoms with van der Waals surface area (Å²) in [7, 11) is -4.65. The maximum absolute atomic E-state index is 12.4. The molecule has 0 saturated heterocycles. The van der Waals surface area contributed by atoms with Crippen LogP contribution in [0.4, 0.5) is 0 Å². The Kier molecular flexibility index (Phi) is 38.7. The van der Waals surface area contributed by atoms with Crippen molar-refractivity contribution in [1.29, 1.82) is 0 Å². The molecule has 0 aromatic heterocycles. The zero-order chi connectivity index (χ0) is 41.2. The van der Waals surface area contributed by atoms with Crippen LogP contribution in [-0.4, -0.2) is 65.7 Å². The second-order valence-electron chi connectivity index (χ2n) is 13.9. The molecular formula is C45H77O10P. The van der Waals surface area contributed by atoms with Crippen LogP contribution < -0.4 is 0 Å². The third-order valence-corrected chi connectivity index (χ3v) is 9.60. The van der Waals surface area contributed by atoms with Gasteiger partial charge in [0.1, 0.15) is 12.2 Å². The molecule has 0 aromatic carbocycles. The number of unbranched alkanes of at least 4 members (excludes halogenated alkanes) is 13. The Hall–Kier alpha value is -2.59. The molecule has 0 spiro atoms. The first-order valence-corrected chi connectivity index (χ1v) is 22.9. The van der Waals surface area contributed by atoms with Crippen molar-refractivity contribution in [2.75, 3.05) is 26.4 Å². The van der Waals surface area contributed by atoms with Gasteiger partial charge in [-0.25, -0.2) is 4.57 Å². The number of aliphatic hydroxyl groups excluding tert-OH is 2. The summed E-state index contributed by atoms with van der Waals surface area (Å²) in [6.07, 6.45) is 45.9. The van der Waals surface area contributed by atoms with E-state index in [1.165, 1.54) is 51.4 Å². The summed E-state index contributed by atoms with van der Waals surface area (Å²) in [5.74, 6) is -1.07. The number of carbonyl (C=O) groups is 2. The van der Waals surface area contributed by atoms with Crippen LogP contribution in [0.1, 0.15) is 162 Å². The number of ether oxygens (including phenoxy) is 2. The van der Waals surface area contributed by atoms with Gasteiger partial charge in [0, 0.05) is 12.8 Å². The van der Waals surface area contributed by atoms with E-state index in [-0.39, 0.29) is 12.8 Å². The van der Waals surface area contributed by atoms with Gasteiger partial charge < -0.3 is 24.6 Å². The number of carbonyl (C=O) groups excluding carboxylic acids is 2. The molecule has 11 heteroatoms. The Bertz CT molecular complexity index is 1160. The fraction of sp³-hybridized carbons (Fsp3) is 0.689. The van der Waals surface area contributed by atoms with Crippen LogP contribution in [0.25, 0.3) is 0 Å². The van der Waals surface area contributed by atoms with Crippen molar-refractivity contribution in [2.24, 2.45) is 0 Å². The molecule has 322 valence electrons. The van der Waals surface area contributed by atoms with Crippen LogP contribution in [-0.2, 0) is 32.7 Å². The van der Waals surface area contributed by atoms with E-state index >= 15 is 0 Å². The quantitative estimate of drug-likeness (QED) is 0.0237. The molecule has 0 aromatic rings. The van der Waals surface area contributed by atoms with Crippen molar-refractivity contribution in [3.05, 3.63) is 72.9 Å². The summed E-state index contributed by atoms with van der Waals surface area (Å²) in [4.78, 5) is 34.5. The molecule has 0 saturated carbocycles. The minimum atomic E-state index is -4.65. The lowest BCUT2D eigenvalue weighted by Crippen LogP contribution is -2.28. The van der Waals surface area contributed by atoms with E-state index in [1.807, 2.05) is 0 Å². The van der Waals surface area contributed by atoms with Crippen molar-refractivity contribution in [2.45, 2.75) is 174 Å². The van der Waals surface area contributed by atoms with E-state index in [2.05, 4.69) is 86.8 Å². The molecule has 56 heavy (non-hydrogen) atoms. The average molecular weight is 809 g/mol. The number of phosphoric ester groups is 1. The summed E-state index contributed by atoms with van der Waals surface area (Å²) in [6.45, 7) is 2.00. The third kappa shape index (κ3) is 38.3. The van der Waals surface area contributed by atoms with Gasteiger partial charge in [0.05, 0.1) is 26.4 Å². The van der Waals surface area contributed by atoms with E-state index in [1.54, 1.807) is 0 Å². The molecule has 3 N–H and O–H groups in total. The Morgan fingerprint density at radius 2 is 0.839 bits per heavy atom. The number of hydrogen-bond acceptors (Lipinski definition) is 9. The molecule has 0 amide bonds. The molecule has 10 nitrogen and oxygen atoms in total. The molecule has 3 unspecified atom stereocenters. The fourth-order valence-electron chi connectivity index (χ4n) is 5.37. The number of aliphatic hydroxyl groups is 2. The normalized spacial score (nSPS) is 14.6. The highest BCUT2D eigenvalue weighted by Gasteiger charge is 2.27. The molecule has 0 aliphatic rings. The molecule has 0 bridgehead atoms. The largest absolute Gasteiger partial charge is 0.472 e. The molecular weight excluding hydrogens is 731 g/mol. The predicted molar refractivity (Wildman–Crippen MR) is 228 cm³/mol. The van der Waals surface area contributed by atoms with Gasteiger partial charge in [-0.2, -0.15) is 0 Å². The highest BCUT2D eigenvalue weighted by Crippen LogP contribution is 2.43. The van der Waals surface area contributed by atoms with Crippen LogP contribution >= 0.6 is 7.82 Å². The lowest BCUT2D eigenvalue weighted by atomic mass is 10.1. The van der Waals surface area contributed by atoms with E-state index in [0.29, 0.717) is 12.8 Å². The molecule has 0 aliphatic carbocycles. The van der Waals surface area contributed by atoms with E-state index in [4.69, 9.17) is 18.5 Å². The van der Waals surface area contributed by atoms with Crippen LogP contribution in [0.3, 0.4) is 0 Å². The second-order valence-corrected chi connectivity index (χ2v) is 15.4. The van der Waals surface area contributed by atoms with Crippen molar-refractivity contribution in [3.8, 4) is 0 Å². The van der Waals surface area contributed by atoms with E-state index in [0.717, 1.165) is 70.6 Å². The number of phosphoric acid groups is 1. The van der Waals surface area contributed by atoms with Crippen molar-refractivity contribution in [3.63, 3.8) is 0 Å². The summed E-state index contributed by atoms with van der Waals surface area (Å²) in [5, 5.41) is 19.1. The SMILES string of the molecule is CC/C=C\C/C=C\C/C=C\C/C=C\CCCCC(=O)OC(CO)COP(=O)(O)OCC(CO)OC(=O)CCCCCCCCC/C=C\C/C=C\CCCCCC. The first-order chi connectivity index (χ1) is 27.3. The highest BCUT2D eigenvalue weighted by atomic mass is 31.2. The van der Waals surface area contributed by atoms with Gasteiger partial charge in [0.15, 0.2) is 0 Å². The van der Waals surface area contributed by atoms with Gasteiger partial charge in [-0.15, -0.1) is 0 Å². The first kappa shape index (κ1) is 53.4. The summed E-state index contributed by atoms with van der Waals surface area (Å²) < 4.78 is 32.5. The second kappa shape index (κ2) is 40.6. The monoisotopic (exact) mass is 809 g/mol. The molecule has 0 heterocycles. The highest BCUT2D eigenvalue weighted by molar-refractivity contribution is 7.47. The zero-order valence-corrected chi connectivity index (χ0v) is 35.7. The Balaban J connectivity index is 4.00. The number of hydrogen-bond donors (Lipinski definition) is 3. The third-order valence-electron chi connectivity index (χ3n) is 8.65. The topological polar surface area (TPSA) is 149 Å². The van der Waals surface area contributed by atoms with Crippen LogP contribution in [0.2, 0.25) is 0 Å². The van der Waals surface area contributed by atoms with E-state index in [9.17, 15) is 29.3 Å². The van der Waals surface area contributed by atoms with Crippen LogP contribution in [0.15, 0.2) is 72.9 Å². The van der Waals surface area contributed by atoms with Crippen LogP contribution in [0.5, 0.6) is 0 Å². The van der Waals surface area contributed by atoms with Gasteiger partial charge in [0.25, 0.3) is 0 Å². The maximum atomic E-state index is 12.4. The minimum Gasteiger partial charge on any atom is -0.457 e. The zero-order valence-electron chi connectivity index (χ0n) is 34.8. The number of rotatable bonds is 39. The molecule has 0 rings (SSSR count). The predicted octanol–water partition coefficient (Wildman–Crippen LogP) is 11.3. The standard InChI is InChI=1S/C45H77O10P/c1-3-5-7-9-11-13-15-17-19-20-21-23-25-27-29-31-33-35-37-45(49)55-43(39-47)41-53-56(50,51)52-40-42(38-46)54-44(48)36-34-32-30-28-26-24-22-18-16-14-12-10-8-6-4-2/h6,8,12-15,18-20,22,26,28,42-43,46-47H,3-5,7,9-11,16-17,21,23-25,27,29-41H2,1-2H3,(H,50,51)/b8-6-,14-12-,15-13-,20-19-,22-18-,28-26-. The lowest BCUT2D eigenvalue weighted by molar-refractivity contribution is -0.153. The molecule has 0 fully saturated rings. The summed E-state index contributed by atoms with van der Waals surface area (Å²) in [5.41, 5.74) is 0. The molecule has 0 aliphatic heterocycles. The van der Waals surface area contributed by atoms with Gasteiger partial charge in [-0.05, 0) is 83.5 Å². The Labute approximate surface area is 339 Å². The van der Waals surface area contributed by atoms with Gasteiger partial charge in [-0.3, -0.25) is 18.6 Å². The fourth-order valence-corrected chi connectivity index (χ4v) is 6.15. The Morgan fingerprint density at radius 3 is 1.25 bits per heavy atom. The van der Waals surface area contributed by atoms with Crippen molar-refractivity contribution in [1.82, 2.24) is 0 Å². The molecule has 0 radical (unpaired) electrons. The van der Waals surface area contributed by atoms with Crippen molar-refractivity contribution >= 4 is 19.8 Å². The molecule has 3 atom stereocenters.